The van der Waals surface area contributed by atoms with E-state index in [1.165, 1.54) is 42.4 Å². The number of sulfone groups is 1. The minimum Gasteiger partial charge on any atom is -0.294 e. The molecule has 1 saturated carbocycles. The van der Waals surface area contributed by atoms with Crippen LogP contribution < -0.4 is 10.2 Å². The van der Waals surface area contributed by atoms with Gasteiger partial charge in [-0.05, 0) is 43.5 Å². The minimum atomic E-state index is -3.74. The van der Waals surface area contributed by atoms with Crippen LogP contribution in [-0.2, 0) is 15.3 Å². The van der Waals surface area contributed by atoms with Crippen molar-refractivity contribution < 1.29 is 22.4 Å². The second-order valence-corrected chi connectivity index (χ2v) is 10.3. The van der Waals surface area contributed by atoms with Crippen LogP contribution in [0.1, 0.15) is 54.9 Å². The van der Waals surface area contributed by atoms with Gasteiger partial charge in [-0.3, -0.25) is 15.0 Å². The molecule has 2 heterocycles. The zero-order valence-electron chi connectivity index (χ0n) is 17.3. The van der Waals surface area contributed by atoms with Gasteiger partial charge in [0, 0.05) is 24.1 Å². The summed E-state index contributed by atoms with van der Waals surface area (Å²) >= 11 is 0. The summed E-state index contributed by atoms with van der Waals surface area (Å²) in [4.78, 5) is 33.8. The molecule has 1 spiro atoms. The van der Waals surface area contributed by atoms with Crippen molar-refractivity contribution in [2.24, 2.45) is 0 Å². The summed E-state index contributed by atoms with van der Waals surface area (Å²) in [6.45, 7) is 1.37. The van der Waals surface area contributed by atoms with Crippen molar-refractivity contribution >= 4 is 33.3 Å². The molecule has 1 fully saturated rings. The Morgan fingerprint density at radius 3 is 2.39 bits per heavy atom. The number of rotatable bonds is 3. The molecular weight excluding hydrogens is 423 g/mol. The molecule has 8 nitrogen and oxygen atoms in total. The van der Waals surface area contributed by atoms with Crippen LogP contribution in [0.4, 0.5) is 20.8 Å². The molecule has 1 aromatic heterocycles. The molecule has 10 heteroatoms. The number of hydrogen-bond donors (Lipinski definition) is 1. The van der Waals surface area contributed by atoms with Crippen molar-refractivity contribution in [3.8, 4) is 0 Å². The lowest BCUT2D eigenvalue weighted by molar-refractivity contribution is 0.101. The second kappa shape index (κ2) is 7.67. The maximum atomic E-state index is 14.2. The average Bonchev–Trinajstić information content (AvgIpc) is 2.98. The third-order valence-electron chi connectivity index (χ3n) is 6.11. The summed E-state index contributed by atoms with van der Waals surface area (Å²) in [5, 5.41) is 1.37. The maximum absolute atomic E-state index is 14.2. The van der Waals surface area contributed by atoms with Crippen molar-refractivity contribution in [3.05, 3.63) is 47.5 Å². The number of halogens is 1. The fraction of sp³-hybridized carbons (Fsp3) is 0.429. The Kier molecular flexibility index (Phi) is 5.28. The highest BCUT2D eigenvalue weighted by Gasteiger charge is 2.57. The molecule has 164 valence electrons. The first-order valence-electron chi connectivity index (χ1n) is 10.1. The Morgan fingerprint density at radius 2 is 1.81 bits per heavy atom. The number of anilines is 2. The average molecular weight is 447 g/mol. The van der Waals surface area contributed by atoms with E-state index < -0.39 is 32.5 Å². The van der Waals surface area contributed by atoms with Gasteiger partial charge in [-0.15, -0.1) is 0 Å². The Labute approximate surface area is 179 Å². The summed E-state index contributed by atoms with van der Waals surface area (Å²) in [6, 6.07) is 3.30. The number of hydrogen-bond acceptors (Lipinski definition) is 6. The Balaban J connectivity index is 1.78. The Hall–Kier alpha value is -2.88. The quantitative estimate of drug-likeness (QED) is 0.724. The summed E-state index contributed by atoms with van der Waals surface area (Å²) < 4.78 is 40.1. The number of fused-ring (bicyclic) bond motifs is 2. The van der Waals surface area contributed by atoms with E-state index in [4.69, 9.17) is 0 Å². The van der Waals surface area contributed by atoms with Crippen LogP contribution in [0.25, 0.3) is 0 Å². The summed E-state index contributed by atoms with van der Waals surface area (Å²) in [6.07, 6.45) is 7.34. The van der Waals surface area contributed by atoms with E-state index in [1.807, 2.05) is 0 Å². The molecular formula is C21H23FN4O4S. The predicted molar refractivity (Wildman–Crippen MR) is 113 cm³/mol. The highest BCUT2D eigenvalue weighted by atomic mass is 32.2. The fourth-order valence-corrected chi connectivity index (χ4v) is 6.64. The first-order chi connectivity index (χ1) is 14.6. The predicted octanol–water partition coefficient (Wildman–Crippen LogP) is 3.44. The van der Waals surface area contributed by atoms with Crippen LogP contribution in [0, 0.1) is 5.82 Å². The van der Waals surface area contributed by atoms with Crippen molar-refractivity contribution in [2.75, 3.05) is 16.5 Å². The van der Waals surface area contributed by atoms with Crippen LogP contribution in [0.5, 0.6) is 0 Å². The van der Waals surface area contributed by atoms with Gasteiger partial charge in [0.1, 0.15) is 11.2 Å². The lowest BCUT2D eigenvalue weighted by atomic mass is 9.70. The van der Waals surface area contributed by atoms with Gasteiger partial charge in [0.2, 0.25) is 5.95 Å². The lowest BCUT2D eigenvalue weighted by Crippen LogP contribution is -2.53. The summed E-state index contributed by atoms with van der Waals surface area (Å²) in [7, 11) is -3.74. The third-order valence-corrected chi connectivity index (χ3v) is 7.58. The molecule has 0 unspecified atom stereocenters. The van der Waals surface area contributed by atoms with Gasteiger partial charge in [-0.2, -0.15) is 0 Å². The van der Waals surface area contributed by atoms with Crippen molar-refractivity contribution in [3.63, 3.8) is 0 Å². The van der Waals surface area contributed by atoms with Crippen LogP contribution in [0.3, 0.4) is 0 Å². The number of carbonyl (C=O) groups is 2. The minimum absolute atomic E-state index is 0.0597. The van der Waals surface area contributed by atoms with E-state index >= 15 is 0 Å². The van der Waals surface area contributed by atoms with Crippen molar-refractivity contribution in [1.82, 2.24) is 9.97 Å². The number of Topliss-reactive ketones (excluding diaryl/α,β-unsaturated/α-hetero) is 1. The van der Waals surface area contributed by atoms with Gasteiger partial charge in [0.15, 0.2) is 15.6 Å². The topological polar surface area (TPSA) is 109 Å². The highest BCUT2D eigenvalue weighted by Crippen LogP contribution is 2.54. The molecule has 1 aromatic carbocycles. The number of ketones is 1. The second-order valence-electron chi connectivity index (χ2n) is 8.21. The summed E-state index contributed by atoms with van der Waals surface area (Å²) in [5.74, 6) is -0.748. The molecule has 1 aliphatic carbocycles. The Morgan fingerprint density at radius 1 is 1.16 bits per heavy atom. The first-order valence-corrected chi connectivity index (χ1v) is 12.0. The van der Waals surface area contributed by atoms with E-state index in [2.05, 4.69) is 15.3 Å². The van der Waals surface area contributed by atoms with E-state index in [0.717, 1.165) is 25.5 Å². The fourth-order valence-electron chi connectivity index (χ4n) is 4.87. The molecule has 4 rings (SSSR count). The van der Waals surface area contributed by atoms with Gasteiger partial charge < -0.3 is 0 Å². The molecule has 2 aliphatic rings. The molecule has 1 atom stereocenters. The lowest BCUT2D eigenvalue weighted by Gasteiger charge is -2.40. The first kappa shape index (κ1) is 21.4. The number of aromatic nitrogens is 2. The van der Waals surface area contributed by atoms with E-state index in [9.17, 15) is 22.4 Å². The molecule has 1 aliphatic heterocycles. The molecule has 0 saturated heterocycles. The molecule has 2 aromatic rings. The SMILES string of the molecule is CC(=O)c1cnc(NC(=O)N2c3ccc(F)cc3C3(CCCCC3)[C@H]2S(C)(=O)=O)nc1. The highest BCUT2D eigenvalue weighted by molar-refractivity contribution is 7.91. The normalized spacial score (nSPS) is 19.8. The van der Waals surface area contributed by atoms with Crippen LogP contribution in [-0.4, -0.2) is 41.8 Å². The zero-order valence-corrected chi connectivity index (χ0v) is 18.1. The number of amides is 2. The number of urea groups is 1. The number of nitrogens with one attached hydrogen (secondary N) is 1. The van der Waals surface area contributed by atoms with E-state index in [0.29, 0.717) is 24.1 Å². The van der Waals surface area contributed by atoms with Gasteiger partial charge >= 0.3 is 6.03 Å². The standard InChI is InChI=1S/C21H23FN4O4S/c1-13(27)14-11-23-19(24-12-14)25-20(28)26-17-7-6-15(22)10-16(17)21(8-4-3-5-9-21)18(26)31(2,29)30/h6-7,10-12,18H,3-5,8-9H2,1-2H3,(H,23,24,25,28)/t18-/m1/s1. The van der Waals surface area contributed by atoms with Crippen LogP contribution >= 0.6 is 0 Å². The van der Waals surface area contributed by atoms with Crippen LogP contribution in [0.2, 0.25) is 0 Å². The molecule has 0 radical (unpaired) electrons. The van der Waals surface area contributed by atoms with E-state index in [-0.39, 0.29) is 17.3 Å². The number of nitrogens with zero attached hydrogens (tertiary/aromatic N) is 3. The smallest absolute Gasteiger partial charge is 0.294 e. The van der Waals surface area contributed by atoms with Crippen LogP contribution in [0.15, 0.2) is 30.6 Å². The molecule has 0 bridgehead atoms. The molecule has 2 amide bonds. The van der Waals surface area contributed by atoms with Gasteiger partial charge in [-0.25, -0.2) is 27.6 Å². The van der Waals surface area contributed by atoms with Crippen molar-refractivity contribution in [2.45, 2.75) is 49.8 Å². The Bertz CT molecular complexity index is 1140. The van der Waals surface area contributed by atoms with Gasteiger partial charge in [0.25, 0.3) is 0 Å². The van der Waals surface area contributed by atoms with E-state index in [1.54, 1.807) is 0 Å². The third kappa shape index (κ3) is 3.69. The van der Waals surface area contributed by atoms with Crippen molar-refractivity contribution in [1.29, 1.82) is 0 Å². The number of benzene rings is 1. The van der Waals surface area contributed by atoms with Gasteiger partial charge in [0.05, 0.1) is 11.3 Å². The maximum Gasteiger partial charge on any atom is 0.329 e. The largest absolute Gasteiger partial charge is 0.329 e. The zero-order chi connectivity index (χ0) is 22.4. The number of carbonyl (C=O) groups excluding carboxylic acids is 2. The molecule has 31 heavy (non-hydrogen) atoms. The molecule has 1 N–H and O–H groups in total. The van der Waals surface area contributed by atoms with Gasteiger partial charge in [-0.1, -0.05) is 19.3 Å². The summed E-state index contributed by atoms with van der Waals surface area (Å²) in [5.41, 5.74) is 0.345. The monoisotopic (exact) mass is 446 g/mol.